The third-order valence-corrected chi connectivity index (χ3v) is 4.05. The molecule has 0 heterocycles. The predicted molar refractivity (Wildman–Crippen MR) is 82.7 cm³/mol. The summed E-state index contributed by atoms with van der Waals surface area (Å²) in [7, 11) is 4.42. The maximum atomic E-state index is 2.50. The van der Waals surface area contributed by atoms with Crippen molar-refractivity contribution in [1.82, 2.24) is 20.0 Å². The van der Waals surface area contributed by atoms with Crippen LogP contribution in [0.1, 0.15) is 41.5 Å². The molecule has 0 aliphatic carbocycles. The quantitative estimate of drug-likeness (QED) is 0.446. The number of hydrogen-bond donors (Lipinski definition) is 0. The van der Waals surface area contributed by atoms with Crippen molar-refractivity contribution >= 4 is 0 Å². The van der Waals surface area contributed by atoms with E-state index >= 15 is 0 Å². The molecule has 0 spiro atoms. The third kappa shape index (κ3) is 3.47. The summed E-state index contributed by atoms with van der Waals surface area (Å²) >= 11 is 0. The van der Waals surface area contributed by atoms with Crippen molar-refractivity contribution in [2.75, 3.05) is 53.4 Å². The Hall–Kier alpha value is -0.200. The minimum Gasteiger partial charge on any atom is -0.0991 e. The minimum absolute atomic E-state index is 0.701. The first-order valence-electron chi connectivity index (χ1n) is 7.83. The van der Waals surface area contributed by atoms with Crippen molar-refractivity contribution in [3.8, 4) is 0 Å². The Morgan fingerprint density at radius 3 is 0.947 bits per heavy atom. The lowest BCUT2D eigenvalue weighted by atomic mass is 10.5. The molecular weight excluding hydrogens is 238 g/mol. The lowest BCUT2D eigenvalue weighted by Crippen LogP contribution is -2.80. The van der Waals surface area contributed by atoms with Gasteiger partial charge in [-0.25, -0.2) is 0 Å². The summed E-state index contributed by atoms with van der Waals surface area (Å²) in [6.45, 7) is 19.6. The van der Waals surface area contributed by atoms with Crippen LogP contribution in [0.2, 0.25) is 0 Å². The summed E-state index contributed by atoms with van der Waals surface area (Å²) < 4.78 is 0. The lowest BCUT2D eigenvalue weighted by Gasteiger charge is -2.55. The number of hydrogen-bond acceptors (Lipinski definition) is 4. The molecule has 0 radical (unpaired) electrons. The fraction of sp³-hybridized carbons (Fsp3) is 1.00. The molecule has 0 N–H and O–H groups in total. The van der Waals surface area contributed by atoms with Crippen LogP contribution in [0.3, 0.4) is 0 Å². The fourth-order valence-electron chi connectivity index (χ4n) is 2.89. The summed E-state index contributed by atoms with van der Waals surface area (Å²) in [4.78, 5) is 0.701. The van der Waals surface area contributed by atoms with E-state index in [9.17, 15) is 0 Å². The van der Waals surface area contributed by atoms with Gasteiger partial charge in [0.25, 0.3) is 0 Å². The van der Waals surface area contributed by atoms with Crippen LogP contribution in [-0.2, 0) is 0 Å². The summed E-state index contributed by atoms with van der Waals surface area (Å²) in [6.07, 6.45) is 0. The van der Waals surface area contributed by atoms with E-state index in [1.54, 1.807) is 0 Å². The van der Waals surface area contributed by atoms with Crippen molar-refractivity contribution in [2.45, 2.75) is 41.5 Å². The maximum Gasteiger partial charge on any atom is 0.0511 e. The van der Waals surface area contributed by atoms with Gasteiger partial charge < -0.3 is 0 Å². The molecule has 0 saturated heterocycles. The van der Waals surface area contributed by atoms with Crippen LogP contribution in [0.5, 0.6) is 0 Å². The second kappa shape index (κ2) is 8.87. The Morgan fingerprint density at radius 1 is 0.526 bits per heavy atom. The zero-order valence-electron chi connectivity index (χ0n) is 14.5. The van der Waals surface area contributed by atoms with Crippen molar-refractivity contribution in [3.63, 3.8) is 0 Å². The monoisotopic (exact) mass is 274 g/mol. The highest BCUT2D eigenvalue weighted by Crippen LogP contribution is 2.23. The fourth-order valence-corrected chi connectivity index (χ4v) is 2.89. The molecule has 19 heavy (non-hydrogen) atoms. The van der Waals surface area contributed by atoms with Gasteiger partial charge in [0, 0.05) is 14.1 Å². The van der Waals surface area contributed by atoms with Crippen LogP contribution < -0.4 is 0 Å². The Balaban J connectivity index is 5.82. The third-order valence-electron chi connectivity index (χ3n) is 4.05. The molecule has 0 aliphatic heterocycles. The smallest absolute Gasteiger partial charge is 0.0511 e. The van der Waals surface area contributed by atoms with Gasteiger partial charge in [0.15, 0.2) is 0 Å². The van der Waals surface area contributed by atoms with Gasteiger partial charge in [0.2, 0.25) is 0 Å². The SMILES string of the molecule is CCN(C)[N+](N(C)CC)(N(CC)CC)N(CC)CC. The van der Waals surface area contributed by atoms with E-state index in [4.69, 9.17) is 0 Å². The van der Waals surface area contributed by atoms with Crippen molar-refractivity contribution < 1.29 is 4.92 Å². The van der Waals surface area contributed by atoms with Gasteiger partial charge in [-0.3, -0.25) is 0 Å². The normalized spacial score (nSPS) is 13.3. The molecular formula is C14H36N5+. The number of nitrogens with zero attached hydrogens (tertiary/aromatic N) is 5. The van der Waals surface area contributed by atoms with Crippen LogP contribution in [0, 0.1) is 0 Å². The van der Waals surface area contributed by atoms with E-state index in [1.165, 1.54) is 0 Å². The Kier molecular flexibility index (Phi) is 8.78. The molecule has 116 valence electrons. The summed E-state index contributed by atoms with van der Waals surface area (Å²) in [5.41, 5.74) is 0. The van der Waals surface area contributed by atoms with Gasteiger partial charge in [-0.1, -0.05) is 20.0 Å². The molecule has 0 aromatic rings. The Labute approximate surface area is 120 Å². The first-order valence-corrected chi connectivity index (χ1v) is 7.83. The number of rotatable bonds is 10. The van der Waals surface area contributed by atoms with E-state index in [-0.39, 0.29) is 0 Å². The van der Waals surface area contributed by atoms with E-state index < -0.39 is 0 Å². The van der Waals surface area contributed by atoms with Crippen LogP contribution in [0.15, 0.2) is 0 Å². The molecule has 0 unspecified atom stereocenters. The summed E-state index contributed by atoms with van der Waals surface area (Å²) in [5, 5.41) is 9.81. The standard InChI is InChI=1S/C14H36N5/c1-9-15(7)19(16(8)10-2,17(11-3)12-4)18(13-5)14-6/h9-14H2,1-8H3/q+1. The maximum absolute atomic E-state index is 2.50. The largest absolute Gasteiger partial charge is 0.0991 e. The zero-order valence-corrected chi connectivity index (χ0v) is 14.5. The molecule has 0 saturated carbocycles. The first-order chi connectivity index (χ1) is 9.00. The second-order valence-electron chi connectivity index (χ2n) is 4.76. The van der Waals surface area contributed by atoms with E-state index in [2.05, 4.69) is 75.7 Å². The topological polar surface area (TPSA) is 13.0 Å². The highest BCUT2D eigenvalue weighted by atomic mass is 16.3. The highest BCUT2D eigenvalue weighted by molar-refractivity contribution is 4.44. The molecule has 0 aromatic heterocycles. The van der Waals surface area contributed by atoms with Crippen molar-refractivity contribution in [3.05, 3.63) is 0 Å². The average molecular weight is 274 g/mol. The molecule has 0 fully saturated rings. The molecule has 0 bridgehead atoms. The van der Waals surface area contributed by atoms with E-state index in [0.717, 1.165) is 39.3 Å². The molecule has 5 heteroatoms. The van der Waals surface area contributed by atoms with Crippen molar-refractivity contribution in [2.24, 2.45) is 0 Å². The molecule has 0 atom stereocenters. The summed E-state index contributed by atoms with van der Waals surface area (Å²) in [5.74, 6) is 0. The number of quaternary nitrogens is 1. The Bertz CT molecular complexity index is 202. The van der Waals surface area contributed by atoms with E-state index in [1.807, 2.05) is 0 Å². The second-order valence-corrected chi connectivity index (χ2v) is 4.76. The van der Waals surface area contributed by atoms with E-state index in [0.29, 0.717) is 4.92 Å². The Morgan fingerprint density at radius 2 is 0.789 bits per heavy atom. The zero-order chi connectivity index (χ0) is 15.1. The highest BCUT2D eigenvalue weighted by Gasteiger charge is 2.48. The van der Waals surface area contributed by atoms with Gasteiger partial charge in [0.1, 0.15) is 0 Å². The first kappa shape index (κ1) is 18.8. The average Bonchev–Trinajstić information content (AvgIpc) is 2.45. The van der Waals surface area contributed by atoms with Crippen molar-refractivity contribution in [1.29, 1.82) is 0 Å². The van der Waals surface area contributed by atoms with Gasteiger partial charge in [-0.2, -0.15) is 0 Å². The van der Waals surface area contributed by atoms with Crippen LogP contribution in [0.4, 0.5) is 0 Å². The molecule has 0 aromatic carbocycles. The van der Waals surface area contributed by atoms with Crippen LogP contribution in [-0.4, -0.2) is 78.3 Å². The minimum atomic E-state index is 0.701. The lowest BCUT2D eigenvalue weighted by molar-refractivity contribution is -1.28. The molecule has 0 amide bonds. The molecule has 0 rings (SSSR count). The van der Waals surface area contributed by atoms with Gasteiger partial charge in [-0.15, -0.1) is 0 Å². The molecule has 5 nitrogen and oxygen atoms in total. The predicted octanol–water partition coefficient (Wildman–Crippen LogP) is 2.05. The van der Waals surface area contributed by atoms with Crippen LogP contribution in [0.25, 0.3) is 0 Å². The van der Waals surface area contributed by atoms with Crippen LogP contribution >= 0.6 is 0 Å². The summed E-state index contributed by atoms with van der Waals surface area (Å²) in [6, 6.07) is 0. The van der Waals surface area contributed by atoms with Gasteiger partial charge >= 0.3 is 0 Å². The molecule has 0 aliphatic rings. The van der Waals surface area contributed by atoms with Gasteiger partial charge in [0.05, 0.1) is 39.3 Å². The van der Waals surface area contributed by atoms with Gasteiger partial charge in [-0.05, 0) is 46.5 Å².